The van der Waals surface area contributed by atoms with Gasteiger partial charge in [0.25, 0.3) is 0 Å². The number of nitrogens with zero attached hydrogens (tertiary/aromatic N) is 4. The van der Waals surface area contributed by atoms with Crippen LogP contribution in [0.2, 0.25) is 0 Å². The lowest BCUT2D eigenvalue weighted by molar-refractivity contribution is -0.140. The highest BCUT2D eigenvalue weighted by Gasteiger charge is 2.34. The zero-order chi connectivity index (χ0) is 34.1. The second-order valence-corrected chi connectivity index (χ2v) is 14.3. The summed E-state index contributed by atoms with van der Waals surface area (Å²) in [6.07, 6.45) is 0.506. The third-order valence-corrected chi connectivity index (χ3v) is 9.53. The molecule has 17 heteroatoms. The molecular weight excluding hydrogens is 661 g/mol. The van der Waals surface area contributed by atoms with Crippen molar-refractivity contribution in [1.29, 1.82) is 0 Å². The summed E-state index contributed by atoms with van der Waals surface area (Å²) in [4.78, 5) is 47.9. The molecule has 1 atom stereocenters. The lowest BCUT2D eigenvalue weighted by Crippen LogP contribution is -2.39. The maximum atomic E-state index is 13.5. The standard InChI is InChI=1S/C30H31F3N6O6S2/c1-3-34-29(43)37-25-12-19(27-36-24(16-46-27)30(31,32)33)21(13-35-25)17-6-7-23-20(11-17)26(40)22(28(41)42)15-39(23)18-5-4-8-38(14-18)9-10-47(2,44)45/h6-7,11-13,15-16,18H,3-5,8-10,14H2,1-2H3,(H,41,42)(H2,34,35,37,43)/t18-/m1/s1. The molecule has 0 aliphatic carbocycles. The number of benzene rings is 1. The third-order valence-electron chi connectivity index (χ3n) is 7.73. The van der Waals surface area contributed by atoms with Gasteiger partial charge in [-0.1, -0.05) is 6.07 Å². The molecule has 0 spiro atoms. The number of fused-ring (bicyclic) bond motifs is 1. The fourth-order valence-corrected chi connectivity index (χ4v) is 6.96. The minimum Gasteiger partial charge on any atom is -0.477 e. The molecule has 1 fully saturated rings. The lowest BCUT2D eigenvalue weighted by atomic mass is 9.98. The first-order valence-corrected chi connectivity index (χ1v) is 17.5. The van der Waals surface area contributed by atoms with Crippen molar-refractivity contribution in [2.45, 2.75) is 32.0 Å². The molecule has 1 saturated heterocycles. The number of hydrogen-bond donors (Lipinski definition) is 3. The number of hydrogen-bond acceptors (Lipinski definition) is 9. The number of carbonyl (C=O) groups is 2. The Bertz CT molecular complexity index is 2010. The second kappa shape index (κ2) is 13.4. The predicted molar refractivity (Wildman–Crippen MR) is 172 cm³/mol. The van der Waals surface area contributed by atoms with Crippen LogP contribution in [0.1, 0.15) is 41.9 Å². The van der Waals surface area contributed by atoms with E-state index in [4.69, 9.17) is 0 Å². The first kappa shape index (κ1) is 34.0. The molecule has 12 nitrogen and oxygen atoms in total. The Balaban J connectivity index is 1.62. The predicted octanol–water partition coefficient (Wildman–Crippen LogP) is 4.73. The Morgan fingerprint density at radius 3 is 2.62 bits per heavy atom. The Labute approximate surface area is 271 Å². The third kappa shape index (κ3) is 7.80. The summed E-state index contributed by atoms with van der Waals surface area (Å²) in [5.41, 5.74) is -0.994. The summed E-state index contributed by atoms with van der Waals surface area (Å²) in [5, 5.41) is 15.9. The smallest absolute Gasteiger partial charge is 0.434 e. The van der Waals surface area contributed by atoms with Crippen molar-refractivity contribution in [3.8, 4) is 21.7 Å². The van der Waals surface area contributed by atoms with Gasteiger partial charge in [-0.3, -0.25) is 10.1 Å². The highest BCUT2D eigenvalue weighted by molar-refractivity contribution is 7.90. The summed E-state index contributed by atoms with van der Waals surface area (Å²) in [5.74, 6) is -1.40. The molecule has 5 rings (SSSR count). The number of anilines is 1. The van der Waals surface area contributed by atoms with E-state index in [2.05, 4.69) is 20.6 Å². The van der Waals surface area contributed by atoms with Gasteiger partial charge in [0.1, 0.15) is 26.2 Å². The zero-order valence-corrected chi connectivity index (χ0v) is 26.9. The number of halogens is 3. The van der Waals surface area contributed by atoms with Crippen LogP contribution < -0.4 is 16.1 Å². The van der Waals surface area contributed by atoms with Gasteiger partial charge in [-0.25, -0.2) is 28.0 Å². The fraction of sp³-hybridized carbons (Fsp3) is 0.367. The molecule has 3 N–H and O–H groups in total. The Hall–Kier alpha value is -4.35. The molecule has 1 aromatic carbocycles. The van der Waals surface area contributed by atoms with Gasteiger partial charge >= 0.3 is 18.2 Å². The number of aromatic carboxylic acids is 1. The van der Waals surface area contributed by atoms with Crippen LogP contribution in [-0.4, -0.2) is 83.1 Å². The van der Waals surface area contributed by atoms with Gasteiger partial charge in [0.2, 0.25) is 5.43 Å². The molecule has 0 unspecified atom stereocenters. The van der Waals surface area contributed by atoms with Crippen molar-refractivity contribution in [3.63, 3.8) is 0 Å². The van der Waals surface area contributed by atoms with Crippen molar-refractivity contribution < 1.29 is 36.3 Å². The van der Waals surface area contributed by atoms with E-state index in [1.54, 1.807) is 23.6 Å². The zero-order valence-electron chi connectivity index (χ0n) is 25.3. The van der Waals surface area contributed by atoms with Crippen LogP contribution in [0, 0.1) is 0 Å². The Morgan fingerprint density at radius 2 is 1.96 bits per heavy atom. The lowest BCUT2D eigenvalue weighted by Gasteiger charge is -2.34. The highest BCUT2D eigenvalue weighted by atomic mass is 32.2. The van der Waals surface area contributed by atoms with E-state index in [0.29, 0.717) is 49.2 Å². The molecule has 1 aliphatic heterocycles. The van der Waals surface area contributed by atoms with E-state index in [9.17, 15) is 41.1 Å². The molecule has 0 radical (unpaired) electrons. The van der Waals surface area contributed by atoms with E-state index < -0.39 is 44.7 Å². The average molecular weight is 693 g/mol. The molecule has 0 saturated carbocycles. The molecule has 47 heavy (non-hydrogen) atoms. The molecule has 4 aromatic rings. The topological polar surface area (TPSA) is 164 Å². The number of nitrogens with one attached hydrogen (secondary N) is 2. The number of carboxylic acids is 1. The van der Waals surface area contributed by atoms with Crippen LogP contribution in [0.3, 0.4) is 0 Å². The quantitative estimate of drug-likeness (QED) is 0.225. The molecule has 4 heterocycles. The SMILES string of the molecule is CCNC(=O)Nc1cc(-c2nc(C(F)(F)F)cs2)c(-c2ccc3c(c2)c(=O)c(C(=O)O)cn3[C@@H]2CCCN(CCS(C)(=O)=O)C2)cn1. The van der Waals surface area contributed by atoms with Crippen molar-refractivity contribution in [1.82, 2.24) is 24.8 Å². The Kier molecular flexibility index (Phi) is 9.70. The number of aromatic nitrogens is 3. The van der Waals surface area contributed by atoms with Crippen LogP contribution in [0.25, 0.3) is 32.6 Å². The molecular formula is C30H31F3N6O6S2. The van der Waals surface area contributed by atoms with Crippen molar-refractivity contribution in [3.05, 3.63) is 63.5 Å². The van der Waals surface area contributed by atoms with Crippen LogP contribution in [-0.2, 0) is 16.0 Å². The van der Waals surface area contributed by atoms with E-state index in [1.165, 1.54) is 24.5 Å². The molecule has 250 valence electrons. The normalized spacial score (nSPS) is 15.9. The van der Waals surface area contributed by atoms with E-state index in [0.717, 1.165) is 29.4 Å². The van der Waals surface area contributed by atoms with Gasteiger partial charge in [-0.15, -0.1) is 11.3 Å². The number of carboxylic acid groups (broad SMARTS) is 1. The molecule has 3 aromatic heterocycles. The van der Waals surface area contributed by atoms with Crippen LogP contribution in [0.5, 0.6) is 0 Å². The number of sulfone groups is 1. The van der Waals surface area contributed by atoms with Crippen LogP contribution >= 0.6 is 11.3 Å². The number of rotatable bonds is 9. The average Bonchev–Trinajstić information content (AvgIpc) is 3.51. The van der Waals surface area contributed by atoms with Crippen molar-refractivity contribution in [2.24, 2.45) is 0 Å². The summed E-state index contributed by atoms with van der Waals surface area (Å²) in [6.45, 7) is 3.46. The van der Waals surface area contributed by atoms with Crippen LogP contribution in [0.15, 0.2) is 46.8 Å². The Morgan fingerprint density at radius 1 is 1.19 bits per heavy atom. The summed E-state index contributed by atoms with van der Waals surface area (Å²) in [7, 11) is -3.19. The minimum atomic E-state index is -4.69. The second-order valence-electron chi connectivity index (χ2n) is 11.2. The van der Waals surface area contributed by atoms with E-state index in [-0.39, 0.29) is 33.6 Å². The maximum Gasteiger partial charge on any atom is 0.434 e. The number of carbonyl (C=O) groups excluding carboxylic acids is 1. The van der Waals surface area contributed by atoms with E-state index >= 15 is 0 Å². The van der Waals surface area contributed by atoms with Gasteiger partial charge < -0.3 is 19.9 Å². The summed E-state index contributed by atoms with van der Waals surface area (Å²) in [6, 6.07) is 5.31. The van der Waals surface area contributed by atoms with Crippen molar-refractivity contribution in [2.75, 3.05) is 43.5 Å². The number of piperidine rings is 1. The maximum absolute atomic E-state index is 13.5. The number of thiazole rings is 1. The first-order valence-electron chi connectivity index (χ1n) is 14.5. The fourth-order valence-electron chi connectivity index (χ4n) is 5.51. The molecule has 0 bridgehead atoms. The first-order chi connectivity index (χ1) is 22.1. The van der Waals surface area contributed by atoms with Gasteiger partial charge in [0, 0.05) is 66.2 Å². The molecule has 2 amide bonds. The number of urea groups is 1. The van der Waals surface area contributed by atoms with Gasteiger partial charge in [-0.2, -0.15) is 13.2 Å². The van der Waals surface area contributed by atoms with E-state index in [1.807, 2.05) is 4.90 Å². The van der Waals surface area contributed by atoms with Crippen molar-refractivity contribution >= 4 is 49.9 Å². The number of pyridine rings is 2. The summed E-state index contributed by atoms with van der Waals surface area (Å²) < 4.78 is 65.6. The number of likely N-dealkylation sites (tertiary alicyclic amines) is 1. The largest absolute Gasteiger partial charge is 0.477 e. The number of amides is 2. The summed E-state index contributed by atoms with van der Waals surface area (Å²) >= 11 is 0.743. The molecule has 1 aliphatic rings. The minimum absolute atomic E-state index is 0.0122. The van der Waals surface area contributed by atoms with Gasteiger partial charge in [-0.05, 0) is 50.1 Å². The monoisotopic (exact) mass is 692 g/mol. The van der Waals surface area contributed by atoms with Crippen LogP contribution in [0.4, 0.5) is 23.8 Å². The van der Waals surface area contributed by atoms with Gasteiger partial charge in [0.05, 0.1) is 11.3 Å². The highest BCUT2D eigenvalue weighted by Crippen LogP contribution is 2.39. The van der Waals surface area contributed by atoms with Gasteiger partial charge in [0.15, 0.2) is 5.69 Å². The number of alkyl halides is 3.